The highest BCUT2D eigenvalue weighted by molar-refractivity contribution is 6.03. The average molecular weight is 441 g/mol. The van der Waals surface area contributed by atoms with E-state index >= 15 is 0 Å². The number of ether oxygens (including phenoxy) is 2. The summed E-state index contributed by atoms with van der Waals surface area (Å²) in [5.41, 5.74) is 1.03. The van der Waals surface area contributed by atoms with Gasteiger partial charge >= 0.3 is 12.0 Å². The number of esters is 1. The van der Waals surface area contributed by atoms with E-state index in [-0.39, 0.29) is 34.1 Å². The number of hydrogen-bond donors (Lipinski definition) is 1. The van der Waals surface area contributed by atoms with Crippen LogP contribution in [0.4, 0.5) is 16.2 Å². The normalized spacial score (nSPS) is 16.2. The number of allylic oxidation sites excluding steroid dienone is 1. The molecule has 0 unspecified atom stereocenters. The lowest BCUT2D eigenvalue weighted by Crippen LogP contribution is -2.49. The third-order valence-corrected chi connectivity index (χ3v) is 5.18. The van der Waals surface area contributed by atoms with Crippen molar-refractivity contribution in [1.82, 2.24) is 4.90 Å². The van der Waals surface area contributed by atoms with Crippen LogP contribution in [0.2, 0.25) is 0 Å². The number of benzene rings is 2. The molecule has 2 aromatic carbocycles. The third-order valence-electron chi connectivity index (χ3n) is 5.18. The van der Waals surface area contributed by atoms with Crippen molar-refractivity contribution in [3.05, 3.63) is 69.4 Å². The van der Waals surface area contributed by atoms with Gasteiger partial charge in [0.05, 0.1) is 35.9 Å². The van der Waals surface area contributed by atoms with Crippen molar-refractivity contribution in [1.29, 1.82) is 0 Å². The summed E-state index contributed by atoms with van der Waals surface area (Å²) < 4.78 is 10.4. The van der Waals surface area contributed by atoms with E-state index in [9.17, 15) is 24.8 Å². The van der Waals surface area contributed by atoms with Gasteiger partial charge in [-0.05, 0) is 37.6 Å². The number of rotatable bonds is 6. The van der Waals surface area contributed by atoms with Crippen LogP contribution < -0.4 is 9.64 Å². The Balaban J connectivity index is 2.20. The molecule has 0 aliphatic carbocycles. The van der Waals surface area contributed by atoms with Crippen molar-refractivity contribution >= 4 is 23.4 Å². The molecule has 1 N–H and O–H groups in total. The van der Waals surface area contributed by atoms with Crippen molar-refractivity contribution < 1.29 is 29.1 Å². The Morgan fingerprint density at radius 3 is 2.59 bits per heavy atom. The van der Waals surface area contributed by atoms with Crippen LogP contribution in [0.3, 0.4) is 0 Å². The largest absolute Gasteiger partial charge is 0.504 e. The number of anilines is 1. The summed E-state index contributed by atoms with van der Waals surface area (Å²) in [5, 5.41) is 21.2. The van der Waals surface area contributed by atoms with Crippen LogP contribution >= 0.6 is 0 Å². The van der Waals surface area contributed by atoms with Gasteiger partial charge in [-0.1, -0.05) is 12.1 Å². The van der Waals surface area contributed by atoms with Gasteiger partial charge < -0.3 is 19.5 Å². The molecule has 10 heteroatoms. The summed E-state index contributed by atoms with van der Waals surface area (Å²) in [6, 6.07) is 8.84. The number of nitro benzene ring substituents is 1. The maximum atomic E-state index is 13.4. The van der Waals surface area contributed by atoms with Gasteiger partial charge in [0.25, 0.3) is 5.69 Å². The quantitative estimate of drug-likeness (QED) is 0.411. The topological polar surface area (TPSA) is 122 Å². The maximum absolute atomic E-state index is 13.4. The Bertz CT molecular complexity index is 1110. The Morgan fingerprint density at radius 2 is 1.97 bits per heavy atom. The van der Waals surface area contributed by atoms with E-state index in [1.807, 2.05) is 0 Å². The van der Waals surface area contributed by atoms with E-state index < -0.39 is 23.0 Å². The van der Waals surface area contributed by atoms with Crippen LogP contribution in [0.15, 0.2) is 53.7 Å². The highest BCUT2D eigenvalue weighted by Crippen LogP contribution is 2.41. The third kappa shape index (κ3) is 3.94. The number of urea groups is 1. The number of carbonyl (C=O) groups excluding carboxylic acids is 2. The van der Waals surface area contributed by atoms with Gasteiger partial charge in [-0.2, -0.15) is 0 Å². The first-order valence-electron chi connectivity index (χ1n) is 9.77. The highest BCUT2D eigenvalue weighted by Gasteiger charge is 2.41. The monoisotopic (exact) mass is 441 g/mol. The number of phenolic OH excluding ortho intramolecular Hbond substituents is 1. The molecule has 2 aromatic rings. The number of hydrogen-bond acceptors (Lipinski definition) is 7. The first-order chi connectivity index (χ1) is 15.2. The molecule has 168 valence electrons. The van der Waals surface area contributed by atoms with Gasteiger partial charge in [-0.15, -0.1) is 0 Å². The van der Waals surface area contributed by atoms with E-state index in [4.69, 9.17) is 9.47 Å². The lowest BCUT2D eigenvalue weighted by Gasteiger charge is -2.40. The zero-order chi connectivity index (χ0) is 23.6. The van der Waals surface area contributed by atoms with Crippen LogP contribution in [0.25, 0.3) is 0 Å². The Kier molecular flexibility index (Phi) is 6.33. The molecule has 0 saturated carbocycles. The molecule has 1 atom stereocenters. The Labute approximate surface area is 184 Å². The highest BCUT2D eigenvalue weighted by atomic mass is 16.6. The minimum absolute atomic E-state index is 0.0704. The predicted octanol–water partition coefficient (Wildman–Crippen LogP) is 3.76. The van der Waals surface area contributed by atoms with Crippen LogP contribution in [0.5, 0.6) is 11.5 Å². The molecule has 1 aliphatic rings. The molecular weight excluding hydrogens is 418 g/mol. The lowest BCUT2D eigenvalue weighted by atomic mass is 9.93. The van der Waals surface area contributed by atoms with Crippen molar-refractivity contribution in [3.8, 4) is 11.5 Å². The van der Waals surface area contributed by atoms with Gasteiger partial charge in [-0.3, -0.25) is 15.0 Å². The fourth-order valence-corrected chi connectivity index (χ4v) is 3.70. The molecule has 0 fully saturated rings. The molecule has 3 rings (SSSR count). The molecule has 32 heavy (non-hydrogen) atoms. The van der Waals surface area contributed by atoms with E-state index in [0.717, 1.165) is 0 Å². The van der Waals surface area contributed by atoms with Crippen LogP contribution in [0, 0.1) is 10.1 Å². The number of non-ortho nitro benzene ring substituents is 1. The predicted molar refractivity (Wildman–Crippen MR) is 115 cm³/mol. The second kappa shape index (κ2) is 8.96. The lowest BCUT2D eigenvalue weighted by molar-refractivity contribution is -0.384. The van der Waals surface area contributed by atoms with Crippen molar-refractivity contribution in [2.24, 2.45) is 0 Å². The fraction of sp³-hybridized carbons (Fsp3) is 0.273. The molecule has 1 heterocycles. The number of likely N-dealkylation sites (N-methyl/N-ethyl adjacent to an activating group) is 1. The average Bonchev–Trinajstić information content (AvgIpc) is 2.77. The molecular formula is C22H23N3O7. The van der Waals surface area contributed by atoms with Gasteiger partial charge in [-0.25, -0.2) is 9.59 Å². The van der Waals surface area contributed by atoms with Crippen molar-refractivity contribution in [3.63, 3.8) is 0 Å². The summed E-state index contributed by atoms with van der Waals surface area (Å²) in [5.74, 6) is -0.513. The molecule has 0 spiro atoms. The van der Waals surface area contributed by atoms with E-state index in [2.05, 4.69) is 0 Å². The number of methoxy groups -OCH3 is 1. The molecule has 0 radical (unpaired) electrons. The van der Waals surface area contributed by atoms with Gasteiger partial charge in [0.2, 0.25) is 0 Å². The number of amides is 2. The zero-order valence-corrected chi connectivity index (χ0v) is 18.1. The SMILES string of the molecule is CCOc1cc([C@@H]2C(C(=O)OC)=C(C)N(c3cccc([N+](=O)[O-])c3)C(=O)N2C)ccc1O. The second-order valence-electron chi connectivity index (χ2n) is 7.06. The molecule has 0 saturated heterocycles. The van der Waals surface area contributed by atoms with Crippen molar-refractivity contribution in [2.75, 3.05) is 25.7 Å². The Hall–Kier alpha value is -4.08. The Morgan fingerprint density at radius 1 is 1.25 bits per heavy atom. The summed E-state index contributed by atoms with van der Waals surface area (Å²) in [6.45, 7) is 3.66. The molecule has 2 amide bonds. The summed E-state index contributed by atoms with van der Waals surface area (Å²) in [7, 11) is 2.75. The van der Waals surface area contributed by atoms with E-state index in [1.165, 1.54) is 48.2 Å². The number of carbonyl (C=O) groups is 2. The maximum Gasteiger partial charge on any atom is 0.337 e. The summed E-state index contributed by atoms with van der Waals surface area (Å²) in [4.78, 5) is 39.4. The summed E-state index contributed by atoms with van der Waals surface area (Å²) in [6.07, 6.45) is 0. The minimum atomic E-state index is -0.829. The van der Waals surface area contributed by atoms with E-state index in [1.54, 1.807) is 32.0 Å². The van der Waals surface area contributed by atoms with Crippen LogP contribution in [0.1, 0.15) is 25.5 Å². The minimum Gasteiger partial charge on any atom is -0.504 e. The first kappa shape index (κ1) is 22.6. The zero-order valence-electron chi connectivity index (χ0n) is 18.1. The number of nitrogens with zero attached hydrogens (tertiary/aromatic N) is 3. The second-order valence-corrected chi connectivity index (χ2v) is 7.06. The molecule has 0 aromatic heterocycles. The van der Waals surface area contributed by atoms with Gasteiger partial charge in [0.1, 0.15) is 0 Å². The van der Waals surface area contributed by atoms with Crippen LogP contribution in [-0.2, 0) is 9.53 Å². The molecule has 1 aliphatic heterocycles. The van der Waals surface area contributed by atoms with Gasteiger partial charge in [0.15, 0.2) is 11.5 Å². The van der Waals surface area contributed by atoms with E-state index in [0.29, 0.717) is 12.2 Å². The standard InChI is InChI=1S/C22H23N3O7/c1-5-32-18-11-14(9-10-17(18)26)20-19(21(27)31-4)13(2)24(22(28)23(20)3)15-7-6-8-16(12-15)25(29)30/h6-12,20,26H,5H2,1-4H3/t20-/m1/s1. The number of aromatic hydroxyl groups is 1. The van der Waals surface area contributed by atoms with Gasteiger partial charge in [0, 0.05) is 24.9 Å². The number of nitro groups is 1. The first-order valence-corrected chi connectivity index (χ1v) is 9.77. The van der Waals surface area contributed by atoms with Crippen LogP contribution in [-0.4, -0.2) is 47.7 Å². The fourth-order valence-electron chi connectivity index (χ4n) is 3.70. The molecule has 0 bridgehead atoms. The smallest absolute Gasteiger partial charge is 0.337 e. The molecule has 10 nitrogen and oxygen atoms in total. The van der Waals surface area contributed by atoms with Crippen molar-refractivity contribution in [2.45, 2.75) is 19.9 Å². The summed E-state index contributed by atoms with van der Waals surface area (Å²) >= 11 is 0. The number of phenols is 1.